The van der Waals surface area contributed by atoms with Gasteiger partial charge in [-0.05, 0) is 24.6 Å². The van der Waals surface area contributed by atoms with Crippen LogP contribution in [-0.4, -0.2) is 33.7 Å². The summed E-state index contributed by atoms with van der Waals surface area (Å²) in [5.41, 5.74) is -0.254. The molecule has 0 amide bonds. The van der Waals surface area contributed by atoms with Crippen LogP contribution in [0.3, 0.4) is 0 Å². The van der Waals surface area contributed by atoms with Crippen LogP contribution in [0, 0.1) is 12.7 Å². The lowest BCUT2D eigenvalue weighted by molar-refractivity contribution is 0.0697. The maximum atomic E-state index is 13.4. The number of methoxy groups -OCH3 is 2. The van der Waals surface area contributed by atoms with E-state index in [-0.39, 0.29) is 27.6 Å². The molecule has 9 heteroatoms. The van der Waals surface area contributed by atoms with Crippen molar-refractivity contribution in [3.05, 3.63) is 47.3 Å². The first-order valence-corrected chi connectivity index (χ1v) is 8.46. The zero-order valence-electron chi connectivity index (χ0n) is 13.7. The van der Waals surface area contributed by atoms with Gasteiger partial charge < -0.3 is 14.6 Å². The Morgan fingerprint density at radius 1 is 1.12 bits per heavy atom. The molecular weight excluding hydrogens is 353 g/mol. The molecule has 7 nitrogen and oxygen atoms in total. The first-order valence-electron chi connectivity index (χ1n) is 6.98. The number of ether oxygens (including phenoxy) is 2. The maximum Gasteiger partial charge on any atom is 0.337 e. The number of carboxylic acid groups (broad SMARTS) is 1. The SMILES string of the molecule is COc1cc(NS(=O)(=O)c2cc(F)ccc2C)c(C(=O)O)cc1OC. The normalized spacial score (nSPS) is 11.0. The van der Waals surface area contributed by atoms with Gasteiger partial charge in [-0.25, -0.2) is 17.6 Å². The van der Waals surface area contributed by atoms with Crippen LogP contribution in [0.5, 0.6) is 11.5 Å². The third kappa shape index (κ3) is 3.82. The Hall–Kier alpha value is -2.81. The fraction of sp³-hybridized carbons (Fsp3) is 0.188. The van der Waals surface area contributed by atoms with Crippen LogP contribution in [0.1, 0.15) is 15.9 Å². The Kier molecular flexibility index (Phi) is 5.17. The van der Waals surface area contributed by atoms with Gasteiger partial charge in [-0.1, -0.05) is 6.07 Å². The average molecular weight is 369 g/mol. The third-order valence-corrected chi connectivity index (χ3v) is 4.95. The van der Waals surface area contributed by atoms with E-state index < -0.39 is 21.8 Å². The molecule has 0 radical (unpaired) electrons. The summed E-state index contributed by atoms with van der Waals surface area (Å²) in [6.45, 7) is 1.50. The van der Waals surface area contributed by atoms with Crippen LogP contribution in [-0.2, 0) is 10.0 Å². The monoisotopic (exact) mass is 369 g/mol. The molecule has 0 atom stereocenters. The van der Waals surface area contributed by atoms with E-state index in [4.69, 9.17) is 9.47 Å². The molecule has 0 spiro atoms. The molecule has 0 aliphatic carbocycles. The Bertz CT molecular complexity index is 926. The lowest BCUT2D eigenvalue weighted by Gasteiger charge is -2.15. The summed E-state index contributed by atoms with van der Waals surface area (Å²) >= 11 is 0. The van der Waals surface area contributed by atoms with Crippen molar-refractivity contribution in [2.75, 3.05) is 18.9 Å². The summed E-state index contributed by atoms with van der Waals surface area (Å²) in [4.78, 5) is 11.1. The lowest BCUT2D eigenvalue weighted by atomic mass is 10.1. The van der Waals surface area contributed by atoms with Gasteiger partial charge in [-0.15, -0.1) is 0 Å². The summed E-state index contributed by atoms with van der Waals surface area (Å²) in [7, 11) is -1.57. The van der Waals surface area contributed by atoms with Crippen molar-refractivity contribution in [3.8, 4) is 11.5 Å². The molecule has 0 bridgehead atoms. The second-order valence-electron chi connectivity index (χ2n) is 5.07. The molecule has 0 aromatic heterocycles. The van der Waals surface area contributed by atoms with Gasteiger partial charge in [0.1, 0.15) is 5.82 Å². The fourth-order valence-corrected chi connectivity index (χ4v) is 3.53. The number of halogens is 1. The number of sulfonamides is 1. The highest BCUT2D eigenvalue weighted by Crippen LogP contribution is 2.34. The zero-order chi connectivity index (χ0) is 18.8. The van der Waals surface area contributed by atoms with E-state index in [0.29, 0.717) is 5.56 Å². The molecule has 2 N–H and O–H groups in total. The number of rotatable bonds is 6. The van der Waals surface area contributed by atoms with Gasteiger partial charge in [0, 0.05) is 12.1 Å². The minimum atomic E-state index is -4.22. The molecule has 0 fully saturated rings. The van der Waals surface area contributed by atoms with Crippen LogP contribution in [0.4, 0.5) is 10.1 Å². The van der Waals surface area contributed by atoms with Gasteiger partial charge >= 0.3 is 5.97 Å². The quantitative estimate of drug-likeness (QED) is 0.812. The Balaban J connectivity index is 2.58. The van der Waals surface area contributed by atoms with Crippen LogP contribution >= 0.6 is 0 Å². The van der Waals surface area contributed by atoms with Gasteiger partial charge in [0.05, 0.1) is 30.4 Å². The smallest absolute Gasteiger partial charge is 0.337 e. The van der Waals surface area contributed by atoms with Crippen molar-refractivity contribution in [1.29, 1.82) is 0 Å². The summed E-state index contributed by atoms with van der Waals surface area (Å²) in [6.07, 6.45) is 0. The van der Waals surface area contributed by atoms with Gasteiger partial charge in [0.2, 0.25) is 0 Å². The van der Waals surface area contributed by atoms with Crippen LogP contribution in [0.2, 0.25) is 0 Å². The molecule has 0 saturated carbocycles. The summed E-state index contributed by atoms with van der Waals surface area (Å²) < 4.78 is 50.8. The number of aromatic carboxylic acids is 1. The standard InChI is InChI=1S/C16H16FNO6S/c1-9-4-5-10(17)6-15(9)25(21,22)18-12-8-14(24-3)13(23-2)7-11(12)16(19)20/h4-8,18H,1-3H3,(H,19,20). The molecular formula is C16H16FNO6S. The first-order chi connectivity index (χ1) is 11.7. The average Bonchev–Trinajstić information content (AvgIpc) is 2.55. The summed E-state index contributed by atoms with van der Waals surface area (Å²) in [5, 5.41) is 9.32. The Morgan fingerprint density at radius 3 is 2.28 bits per heavy atom. The number of nitrogens with one attached hydrogen (secondary N) is 1. The van der Waals surface area contributed by atoms with Gasteiger partial charge in [-0.3, -0.25) is 4.72 Å². The third-order valence-electron chi connectivity index (χ3n) is 3.44. The fourth-order valence-electron chi connectivity index (χ4n) is 2.20. The van der Waals surface area contributed by atoms with E-state index in [1.54, 1.807) is 0 Å². The zero-order valence-corrected chi connectivity index (χ0v) is 14.5. The molecule has 0 heterocycles. The molecule has 134 valence electrons. The molecule has 25 heavy (non-hydrogen) atoms. The Morgan fingerprint density at radius 2 is 1.72 bits per heavy atom. The first kappa shape index (κ1) is 18.5. The Labute approximate surface area is 144 Å². The van der Waals surface area contributed by atoms with E-state index >= 15 is 0 Å². The minimum Gasteiger partial charge on any atom is -0.493 e. The topological polar surface area (TPSA) is 102 Å². The molecule has 0 aliphatic rings. The van der Waals surface area contributed by atoms with E-state index in [1.807, 2.05) is 0 Å². The van der Waals surface area contributed by atoms with Crippen molar-refractivity contribution in [2.45, 2.75) is 11.8 Å². The number of carbonyl (C=O) groups is 1. The van der Waals surface area contributed by atoms with Crippen molar-refractivity contribution in [2.24, 2.45) is 0 Å². The summed E-state index contributed by atoms with van der Waals surface area (Å²) in [6, 6.07) is 5.63. The predicted octanol–water partition coefficient (Wildman–Crippen LogP) is 2.65. The molecule has 0 saturated heterocycles. The molecule has 2 rings (SSSR count). The molecule has 2 aromatic rings. The number of hydrogen-bond acceptors (Lipinski definition) is 5. The van der Waals surface area contributed by atoms with Crippen molar-refractivity contribution < 1.29 is 32.2 Å². The number of hydrogen-bond donors (Lipinski definition) is 2. The van der Waals surface area contributed by atoms with Gasteiger partial charge in [0.25, 0.3) is 10.0 Å². The lowest BCUT2D eigenvalue weighted by Crippen LogP contribution is -2.17. The number of aryl methyl sites for hydroxylation is 1. The highest BCUT2D eigenvalue weighted by molar-refractivity contribution is 7.92. The van der Waals surface area contributed by atoms with Crippen LogP contribution in [0.15, 0.2) is 35.2 Å². The highest BCUT2D eigenvalue weighted by atomic mass is 32.2. The highest BCUT2D eigenvalue weighted by Gasteiger charge is 2.23. The molecule has 0 aliphatic heterocycles. The largest absolute Gasteiger partial charge is 0.493 e. The molecule has 0 unspecified atom stereocenters. The van der Waals surface area contributed by atoms with E-state index in [0.717, 1.165) is 18.2 Å². The number of anilines is 1. The molecule has 2 aromatic carbocycles. The second-order valence-corrected chi connectivity index (χ2v) is 6.72. The van der Waals surface area contributed by atoms with E-state index in [2.05, 4.69) is 4.72 Å². The van der Waals surface area contributed by atoms with Gasteiger partial charge in [-0.2, -0.15) is 0 Å². The predicted molar refractivity (Wildman–Crippen MR) is 88.5 cm³/mol. The van der Waals surface area contributed by atoms with E-state index in [1.165, 1.54) is 33.3 Å². The number of benzene rings is 2. The summed E-state index contributed by atoms with van der Waals surface area (Å²) in [5.74, 6) is -1.82. The van der Waals surface area contributed by atoms with Crippen molar-refractivity contribution >= 4 is 21.7 Å². The van der Waals surface area contributed by atoms with E-state index in [9.17, 15) is 22.7 Å². The van der Waals surface area contributed by atoms with Crippen LogP contribution in [0.25, 0.3) is 0 Å². The maximum absolute atomic E-state index is 13.4. The minimum absolute atomic E-state index is 0.129. The second kappa shape index (κ2) is 6.98. The number of carboxylic acids is 1. The van der Waals surface area contributed by atoms with Crippen molar-refractivity contribution in [1.82, 2.24) is 0 Å². The van der Waals surface area contributed by atoms with Crippen LogP contribution < -0.4 is 14.2 Å². The van der Waals surface area contributed by atoms with Crippen molar-refractivity contribution in [3.63, 3.8) is 0 Å². The van der Waals surface area contributed by atoms with Gasteiger partial charge in [0.15, 0.2) is 11.5 Å².